The van der Waals surface area contributed by atoms with Gasteiger partial charge in [-0.05, 0) is 30.9 Å². The van der Waals surface area contributed by atoms with E-state index in [2.05, 4.69) is 18.8 Å². The molecule has 1 aliphatic rings. The van der Waals surface area contributed by atoms with E-state index in [0.717, 1.165) is 12.0 Å². The molecule has 2 heterocycles. The summed E-state index contributed by atoms with van der Waals surface area (Å²) in [5, 5.41) is 0. The third kappa shape index (κ3) is 3.36. The molecule has 1 fully saturated rings. The minimum atomic E-state index is -0.0536. The van der Waals surface area contributed by atoms with E-state index in [-0.39, 0.29) is 23.8 Å². The van der Waals surface area contributed by atoms with Crippen molar-refractivity contribution in [3.05, 3.63) is 41.8 Å². The van der Waals surface area contributed by atoms with Gasteiger partial charge in [-0.2, -0.15) is 0 Å². The van der Waals surface area contributed by atoms with Crippen LogP contribution in [-0.2, 0) is 11.2 Å². The van der Waals surface area contributed by atoms with Crippen LogP contribution in [0.1, 0.15) is 31.7 Å². The zero-order chi connectivity index (χ0) is 17.3. The lowest BCUT2D eigenvalue weighted by atomic mass is 9.79. The zero-order valence-corrected chi connectivity index (χ0v) is 14.6. The molecule has 24 heavy (non-hydrogen) atoms. The number of aryl methyl sites for hydroxylation is 1. The summed E-state index contributed by atoms with van der Waals surface area (Å²) in [5.41, 5.74) is 7.74. The predicted octanol–water partition coefficient (Wildman–Crippen LogP) is 2.78. The van der Waals surface area contributed by atoms with E-state index >= 15 is 0 Å². The molecule has 0 bridgehead atoms. The van der Waals surface area contributed by atoms with Crippen LogP contribution in [0.2, 0.25) is 0 Å². The summed E-state index contributed by atoms with van der Waals surface area (Å²) in [6.45, 7) is 7.50. The monoisotopic (exact) mass is 327 g/mol. The summed E-state index contributed by atoms with van der Waals surface area (Å²) in [6, 6.07) is 9.88. The highest BCUT2D eigenvalue weighted by Crippen LogP contribution is 2.28. The Morgan fingerprint density at radius 2 is 2.08 bits per heavy atom. The summed E-state index contributed by atoms with van der Waals surface area (Å²) >= 11 is 0. The van der Waals surface area contributed by atoms with Crippen molar-refractivity contribution in [3.63, 3.8) is 0 Å². The van der Waals surface area contributed by atoms with E-state index in [1.54, 1.807) is 0 Å². The van der Waals surface area contributed by atoms with Crippen LogP contribution >= 0.6 is 0 Å². The second-order valence-corrected chi connectivity index (χ2v) is 7.26. The first kappa shape index (κ1) is 16.7. The SMILES string of the molecule is Cc1oc(-c2ccccc2)nc1CC(=O)N1CCC(N)C(C)(C)C1. The molecule has 1 aromatic heterocycles. The lowest BCUT2D eigenvalue weighted by molar-refractivity contribution is -0.133. The van der Waals surface area contributed by atoms with Crippen molar-refractivity contribution < 1.29 is 9.21 Å². The molecule has 128 valence electrons. The first-order valence-corrected chi connectivity index (χ1v) is 8.42. The van der Waals surface area contributed by atoms with Crippen LogP contribution in [0.25, 0.3) is 11.5 Å². The van der Waals surface area contributed by atoms with Crippen molar-refractivity contribution >= 4 is 5.91 Å². The Bertz CT molecular complexity index is 721. The third-order valence-corrected chi connectivity index (χ3v) is 4.90. The summed E-state index contributed by atoms with van der Waals surface area (Å²) < 4.78 is 5.75. The number of amides is 1. The van der Waals surface area contributed by atoms with Crippen LogP contribution in [0.15, 0.2) is 34.7 Å². The van der Waals surface area contributed by atoms with Crippen LogP contribution in [0.3, 0.4) is 0 Å². The molecule has 2 aromatic rings. The molecule has 1 unspecified atom stereocenters. The van der Waals surface area contributed by atoms with Gasteiger partial charge in [-0.15, -0.1) is 0 Å². The molecule has 2 N–H and O–H groups in total. The Morgan fingerprint density at radius 1 is 1.38 bits per heavy atom. The van der Waals surface area contributed by atoms with E-state index < -0.39 is 0 Å². The number of benzene rings is 1. The zero-order valence-electron chi connectivity index (χ0n) is 14.6. The first-order valence-electron chi connectivity index (χ1n) is 8.42. The number of oxazole rings is 1. The maximum Gasteiger partial charge on any atom is 0.228 e. The van der Waals surface area contributed by atoms with Crippen LogP contribution in [0.5, 0.6) is 0 Å². The molecule has 3 rings (SSSR count). The molecule has 0 saturated carbocycles. The Labute approximate surface area is 142 Å². The van der Waals surface area contributed by atoms with Gasteiger partial charge in [0.25, 0.3) is 0 Å². The summed E-state index contributed by atoms with van der Waals surface area (Å²) in [5.74, 6) is 1.36. The highest BCUT2D eigenvalue weighted by Gasteiger charge is 2.35. The van der Waals surface area contributed by atoms with E-state index in [0.29, 0.717) is 30.4 Å². The normalized spacial score (nSPS) is 20.2. The number of carbonyl (C=O) groups is 1. The number of hydrogen-bond acceptors (Lipinski definition) is 4. The van der Waals surface area contributed by atoms with Gasteiger partial charge in [0.15, 0.2) is 0 Å². The van der Waals surface area contributed by atoms with Crippen molar-refractivity contribution in [2.24, 2.45) is 11.1 Å². The number of rotatable bonds is 3. The minimum Gasteiger partial charge on any atom is -0.441 e. The van der Waals surface area contributed by atoms with Crippen molar-refractivity contribution in [1.82, 2.24) is 9.88 Å². The summed E-state index contributed by atoms with van der Waals surface area (Å²) in [7, 11) is 0. The second kappa shape index (κ2) is 6.40. The Kier molecular flexibility index (Phi) is 4.45. The topological polar surface area (TPSA) is 72.4 Å². The van der Waals surface area contributed by atoms with Gasteiger partial charge in [0, 0.05) is 24.7 Å². The van der Waals surface area contributed by atoms with Crippen molar-refractivity contribution in [3.8, 4) is 11.5 Å². The molecule has 5 nitrogen and oxygen atoms in total. The van der Waals surface area contributed by atoms with Gasteiger partial charge in [0.1, 0.15) is 5.76 Å². The van der Waals surface area contributed by atoms with Gasteiger partial charge in [0.05, 0.1) is 12.1 Å². The summed E-state index contributed by atoms with van der Waals surface area (Å²) in [4.78, 5) is 19.1. The van der Waals surface area contributed by atoms with Crippen molar-refractivity contribution in [2.45, 2.75) is 39.7 Å². The second-order valence-electron chi connectivity index (χ2n) is 7.26. The maximum absolute atomic E-state index is 12.7. The third-order valence-electron chi connectivity index (χ3n) is 4.90. The lowest BCUT2D eigenvalue weighted by Gasteiger charge is -2.42. The molecule has 1 atom stereocenters. The number of nitrogens with zero attached hydrogens (tertiary/aromatic N) is 2. The number of hydrogen-bond donors (Lipinski definition) is 1. The number of piperidine rings is 1. The Hall–Kier alpha value is -2.14. The standard InChI is InChI=1S/C19H25N3O2/c1-13-15(21-18(24-13)14-7-5-4-6-8-14)11-17(23)22-10-9-16(20)19(2,3)12-22/h4-8,16H,9-12,20H2,1-3H3. The average Bonchev–Trinajstić information content (AvgIpc) is 2.91. The average molecular weight is 327 g/mol. The predicted molar refractivity (Wildman–Crippen MR) is 93.3 cm³/mol. The molecule has 5 heteroatoms. The fourth-order valence-electron chi connectivity index (χ4n) is 3.14. The number of likely N-dealkylation sites (tertiary alicyclic amines) is 1. The number of aromatic nitrogens is 1. The van der Waals surface area contributed by atoms with E-state index in [1.165, 1.54) is 0 Å². The Morgan fingerprint density at radius 3 is 2.75 bits per heavy atom. The highest BCUT2D eigenvalue weighted by molar-refractivity contribution is 5.79. The largest absolute Gasteiger partial charge is 0.441 e. The molecule has 0 aliphatic carbocycles. The van der Waals surface area contributed by atoms with E-state index in [9.17, 15) is 4.79 Å². The van der Waals surface area contributed by atoms with Gasteiger partial charge in [0.2, 0.25) is 11.8 Å². The molecule has 1 aromatic carbocycles. The Balaban J connectivity index is 1.72. The van der Waals surface area contributed by atoms with Gasteiger partial charge in [-0.3, -0.25) is 4.79 Å². The molecule has 1 saturated heterocycles. The molecule has 1 aliphatic heterocycles. The van der Waals surface area contributed by atoms with E-state index in [1.807, 2.05) is 42.2 Å². The summed E-state index contributed by atoms with van der Waals surface area (Å²) in [6.07, 6.45) is 1.11. The van der Waals surface area contributed by atoms with Crippen LogP contribution < -0.4 is 5.73 Å². The number of carbonyl (C=O) groups excluding carboxylic acids is 1. The molecular formula is C19H25N3O2. The quantitative estimate of drug-likeness (QED) is 0.941. The highest BCUT2D eigenvalue weighted by atomic mass is 16.4. The fourth-order valence-corrected chi connectivity index (χ4v) is 3.14. The van der Waals surface area contributed by atoms with Gasteiger partial charge in [-0.1, -0.05) is 32.0 Å². The van der Waals surface area contributed by atoms with Crippen LogP contribution in [-0.4, -0.2) is 34.9 Å². The van der Waals surface area contributed by atoms with E-state index in [4.69, 9.17) is 10.2 Å². The van der Waals surface area contributed by atoms with Gasteiger partial charge < -0.3 is 15.1 Å². The molecule has 0 spiro atoms. The number of nitrogens with two attached hydrogens (primary N) is 1. The molecular weight excluding hydrogens is 302 g/mol. The van der Waals surface area contributed by atoms with Crippen molar-refractivity contribution in [2.75, 3.05) is 13.1 Å². The van der Waals surface area contributed by atoms with Crippen molar-refractivity contribution in [1.29, 1.82) is 0 Å². The molecule has 0 radical (unpaired) electrons. The fraction of sp³-hybridized carbons (Fsp3) is 0.474. The first-order chi connectivity index (χ1) is 11.4. The maximum atomic E-state index is 12.7. The molecule has 1 amide bonds. The minimum absolute atomic E-state index is 0.0536. The van der Waals surface area contributed by atoms with Crippen LogP contribution in [0.4, 0.5) is 0 Å². The lowest BCUT2D eigenvalue weighted by Crippen LogP contribution is -2.54. The van der Waals surface area contributed by atoms with Gasteiger partial charge in [-0.25, -0.2) is 4.98 Å². The van der Waals surface area contributed by atoms with Crippen LogP contribution in [0, 0.1) is 12.3 Å². The smallest absolute Gasteiger partial charge is 0.228 e. The van der Waals surface area contributed by atoms with Gasteiger partial charge >= 0.3 is 0 Å².